The van der Waals surface area contributed by atoms with Crippen molar-refractivity contribution >= 4 is 18.7 Å². The second kappa shape index (κ2) is 5.03. The van der Waals surface area contributed by atoms with Crippen LogP contribution in [0.5, 0.6) is 0 Å². The third kappa shape index (κ3) is 3.27. The van der Waals surface area contributed by atoms with Crippen LogP contribution in [0.25, 0.3) is 0 Å². The van der Waals surface area contributed by atoms with E-state index in [0.29, 0.717) is 4.68 Å². The summed E-state index contributed by atoms with van der Waals surface area (Å²) in [5.41, 5.74) is -2.30. The van der Waals surface area contributed by atoms with Crippen molar-refractivity contribution in [1.82, 2.24) is 9.78 Å². The molecule has 0 saturated heterocycles. The van der Waals surface area contributed by atoms with Crippen LogP contribution >= 0.6 is 0 Å². The van der Waals surface area contributed by atoms with Gasteiger partial charge in [-0.1, -0.05) is 0 Å². The van der Waals surface area contributed by atoms with Gasteiger partial charge in [0, 0.05) is 11.7 Å². The van der Waals surface area contributed by atoms with Gasteiger partial charge in [-0.3, -0.25) is 0 Å². The topological polar surface area (TPSA) is 84.6 Å². The van der Waals surface area contributed by atoms with Crippen LogP contribution in [-0.2, 0) is 4.74 Å². The first kappa shape index (κ1) is 14.6. The second-order valence-corrected chi connectivity index (χ2v) is 4.55. The summed E-state index contributed by atoms with van der Waals surface area (Å²) in [7, 11) is -2.13. The summed E-state index contributed by atoms with van der Waals surface area (Å²) in [6.07, 6.45) is -3.41. The Morgan fingerprint density at radius 2 is 2.06 bits per heavy atom. The van der Waals surface area contributed by atoms with Gasteiger partial charge in [-0.05, 0) is 20.8 Å². The number of hydrogen-bond donors (Lipinski definition) is 2. The zero-order valence-corrected chi connectivity index (χ0v) is 10.1. The molecular formula is C9H13BF2N2O4. The number of rotatable bonds is 2. The highest BCUT2D eigenvalue weighted by atomic mass is 19.3. The maximum Gasteiger partial charge on any atom is 0.492 e. The van der Waals surface area contributed by atoms with Crippen molar-refractivity contribution < 1.29 is 28.4 Å². The van der Waals surface area contributed by atoms with Crippen molar-refractivity contribution in [2.45, 2.75) is 32.8 Å². The van der Waals surface area contributed by atoms with E-state index in [2.05, 4.69) is 5.10 Å². The molecule has 0 fully saturated rings. The van der Waals surface area contributed by atoms with Crippen molar-refractivity contribution in [3.05, 3.63) is 11.9 Å². The van der Waals surface area contributed by atoms with E-state index >= 15 is 0 Å². The highest BCUT2D eigenvalue weighted by molar-refractivity contribution is 6.59. The van der Waals surface area contributed by atoms with E-state index in [1.54, 1.807) is 20.8 Å². The standard InChI is InChI=1S/C9H13BF2N2O4/c1-9(2,3)18-8(15)14-6(7(11)12)5(4-13-14)10(16)17/h4,7,16-17H,1-3H3. The van der Waals surface area contributed by atoms with E-state index < -0.39 is 36.4 Å². The van der Waals surface area contributed by atoms with E-state index in [0.717, 1.165) is 6.20 Å². The molecule has 0 radical (unpaired) electrons. The molecule has 100 valence electrons. The first-order chi connectivity index (χ1) is 8.13. The minimum Gasteiger partial charge on any atom is -0.442 e. The van der Waals surface area contributed by atoms with Crippen LogP contribution in [-0.4, -0.2) is 38.6 Å². The molecule has 1 heterocycles. The van der Waals surface area contributed by atoms with Gasteiger partial charge in [0.25, 0.3) is 6.43 Å². The Hall–Kier alpha value is -1.48. The highest BCUT2D eigenvalue weighted by Gasteiger charge is 2.31. The van der Waals surface area contributed by atoms with Crippen LogP contribution < -0.4 is 5.46 Å². The normalized spacial score (nSPS) is 11.8. The zero-order chi connectivity index (χ0) is 14.1. The summed E-state index contributed by atoms with van der Waals surface area (Å²) in [6.45, 7) is 4.70. The summed E-state index contributed by atoms with van der Waals surface area (Å²) in [6, 6.07) is 0. The fraction of sp³-hybridized carbons (Fsp3) is 0.556. The van der Waals surface area contributed by atoms with Gasteiger partial charge in [-0.2, -0.15) is 9.78 Å². The Balaban J connectivity index is 3.14. The lowest BCUT2D eigenvalue weighted by atomic mass is 9.80. The molecule has 18 heavy (non-hydrogen) atoms. The van der Waals surface area contributed by atoms with Gasteiger partial charge in [-0.15, -0.1) is 0 Å². The maximum absolute atomic E-state index is 12.8. The molecule has 0 unspecified atom stereocenters. The predicted molar refractivity (Wildman–Crippen MR) is 58.6 cm³/mol. The van der Waals surface area contributed by atoms with Crippen LogP contribution in [0.15, 0.2) is 6.20 Å². The summed E-state index contributed by atoms with van der Waals surface area (Å²) < 4.78 is 30.8. The number of hydrogen-bond acceptors (Lipinski definition) is 5. The molecule has 0 amide bonds. The number of nitrogens with zero attached hydrogens (tertiary/aromatic N) is 2. The minimum atomic E-state index is -3.09. The lowest BCUT2D eigenvalue weighted by Crippen LogP contribution is -2.35. The van der Waals surface area contributed by atoms with Crippen molar-refractivity contribution in [2.75, 3.05) is 0 Å². The van der Waals surface area contributed by atoms with E-state index in [4.69, 9.17) is 14.8 Å². The number of carbonyl (C=O) groups is 1. The highest BCUT2D eigenvalue weighted by Crippen LogP contribution is 2.18. The molecule has 1 aromatic rings. The third-order valence-electron chi connectivity index (χ3n) is 1.89. The fourth-order valence-corrected chi connectivity index (χ4v) is 1.24. The fourth-order valence-electron chi connectivity index (χ4n) is 1.24. The summed E-state index contributed by atoms with van der Waals surface area (Å²) >= 11 is 0. The summed E-state index contributed by atoms with van der Waals surface area (Å²) in [5.74, 6) is 0. The van der Waals surface area contributed by atoms with Crippen molar-refractivity contribution in [3.8, 4) is 0 Å². The van der Waals surface area contributed by atoms with Crippen molar-refractivity contribution in [1.29, 1.82) is 0 Å². The van der Waals surface area contributed by atoms with Crippen LogP contribution in [0.4, 0.5) is 13.6 Å². The molecule has 0 aliphatic carbocycles. The van der Waals surface area contributed by atoms with Crippen molar-refractivity contribution in [3.63, 3.8) is 0 Å². The molecule has 0 bridgehead atoms. The van der Waals surface area contributed by atoms with Gasteiger partial charge in [-0.25, -0.2) is 13.6 Å². The lowest BCUT2D eigenvalue weighted by Gasteiger charge is -2.19. The number of aromatic nitrogens is 2. The Bertz CT molecular complexity index is 442. The average molecular weight is 262 g/mol. The van der Waals surface area contributed by atoms with Gasteiger partial charge in [0.15, 0.2) is 0 Å². The maximum atomic E-state index is 12.8. The van der Waals surface area contributed by atoms with Gasteiger partial charge < -0.3 is 14.8 Å². The average Bonchev–Trinajstić information content (AvgIpc) is 2.58. The predicted octanol–water partition coefficient (Wildman–Crippen LogP) is 0.284. The molecule has 0 saturated carbocycles. The molecule has 9 heteroatoms. The second-order valence-electron chi connectivity index (χ2n) is 4.55. The Kier molecular flexibility index (Phi) is 4.07. The van der Waals surface area contributed by atoms with Gasteiger partial charge in [0.05, 0.1) is 0 Å². The smallest absolute Gasteiger partial charge is 0.442 e. The van der Waals surface area contributed by atoms with E-state index in [1.807, 2.05) is 0 Å². The Labute approximate surface area is 102 Å². The van der Waals surface area contributed by atoms with E-state index in [-0.39, 0.29) is 0 Å². The van der Waals surface area contributed by atoms with Crippen LogP contribution in [0, 0.1) is 0 Å². The van der Waals surface area contributed by atoms with E-state index in [1.165, 1.54) is 0 Å². The summed E-state index contributed by atoms with van der Waals surface area (Å²) in [5, 5.41) is 21.2. The minimum absolute atomic E-state index is 0.324. The van der Waals surface area contributed by atoms with Crippen LogP contribution in [0.2, 0.25) is 0 Å². The molecule has 6 nitrogen and oxygen atoms in total. The Morgan fingerprint density at radius 3 is 2.44 bits per heavy atom. The number of alkyl halides is 2. The zero-order valence-electron chi connectivity index (χ0n) is 10.1. The third-order valence-corrected chi connectivity index (χ3v) is 1.89. The lowest BCUT2D eigenvalue weighted by molar-refractivity contribution is 0.0476. The molecule has 0 aromatic carbocycles. The van der Waals surface area contributed by atoms with Crippen LogP contribution in [0.1, 0.15) is 32.9 Å². The Morgan fingerprint density at radius 1 is 1.50 bits per heavy atom. The molecule has 1 rings (SSSR count). The largest absolute Gasteiger partial charge is 0.492 e. The number of halogens is 2. The number of ether oxygens (including phenoxy) is 1. The summed E-state index contributed by atoms with van der Waals surface area (Å²) in [4.78, 5) is 11.6. The van der Waals surface area contributed by atoms with Crippen LogP contribution in [0.3, 0.4) is 0 Å². The van der Waals surface area contributed by atoms with E-state index in [9.17, 15) is 13.6 Å². The number of carbonyl (C=O) groups excluding carboxylic acids is 1. The first-order valence-electron chi connectivity index (χ1n) is 5.09. The van der Waals surface area contributed by atoms with Gasteiger partial charge >= 0.3 is 13.2 Å². The molecular weight excluding hydrogens is 249 g/mol. The SMILES string of the molecule is CC(C)(C)OC(=O)n1ncc(B(O)O)c1C(F)F. The molecule has 0 aliphatic heterocycles. The molecule has 0 aliphatic rings. The van der Waals surface area contributed by atoms with Gasteiger partial charge in [0.2, 0.25) is 0 Å². The molecule has 0 spiro atoms. The first-order valence-corrected chi connectivity index (χ1v) is 5.09. The quantitative estimate of drug-likeness (QED) is 0.748. The van der Waals surface area contributed by atoms with Gasteiger partial charge in [0.1, 0.15) is 11.3 Å². The van der Waals surface area contributed by atoms with Crippen molar-refractivity contribution in [2.24, 2.45) is 0 Å². The monoisotopic (exact) mass is 262 g/mol. The molecule has 2 N–H and O–H groups in total. The molecule has 1 aromatic heterocycles. The molecule has 0 atom stereocenters.